The number of amides is 2. The van der Waals surface area contributed by atoms with Crippen LogP contribution < -0.4 is 10.6 Å². The van der Waals surface area contributed by atoms with Crippen molar-refractivity contribution < 1.29 is 19.1 Å². The number of carbonyl (C=O) groups excluding carboxylic acids is 3. The monoisotopic (exact) mass is 384 g/mol. The summed E-state index contributed by atoms with van der Waals surface area (Å²) in [6, 6.07) is 6.27. The number of rotatable bonds is 4. The fourth-order valence-electron chi connectivity index (χ4n) is 6.12. The smallest absolute Gasteiger partial charge is 0.337 e. The number of hydrogen-bond donors (Lipinski definition) is 2. The number of esters is 1. The van der Waals surface area contributed by atoms with E-state index in [4.69, 9.17) is 0 Å². The molecule has 28 heavy (non-hydrogen) atoms. The lowest BCUT2D eigenvalue weighted by Gasteiger charge is -2.59. The van der Waals surface area contributed by atoms with Crippen LogP contribution in [0.5, 0.6) is 0 Å². The van der Waals surface area contributed by atoms with E-state index in [9.17, 15) is 14.4 Å². The van der Waals surface area contributed by atoms with Gasteiger partial charge in [0, 0.05) is 11.7 Å². The third-order valence-electron chi connectivity index (χ3n) is 7.12. The molecule has 0 heterocycles. The number of benzene rings is 1. The van der Waals surface area contributed by atoms with Crippen LogP contribution in [0.3, 0.4) is 0 Å². The van der Waals surface area contributed by atoms with Gasteiger partial charge in [-0.15, -0.1) is 0 Å². The normalized spacial score (nSPS) is 31.1. The van der Waals surface area contributed by atoms with Gasteiger partial charge < -0.3 is 15.4 Å². The Hall–Kier alpha value is -2.37. The number of carbonyl (C=O) groups is 3. The molecular formula is C22H28N2O4. The average molecular weight is 384 g/mol. The maximum absolute atomic E-state index is 12.5. The third-order valence-corrected chi connectivity index (χ3v) is 7.12. The van der Waals surface area contributed by atoms with Gasteiger partial charge in [-0.25, -0.2) is 4.79 Å². The molecule has 6 heteroatoms. The molecule has 4 saturated carbocycles. The molecule has 5 rings (SSSR count). The highest BCUT2D eigenvalue weighted by Crippen LogP contribution is 2.61. The summed E-state index contributed by atoms with van der Waals surface area (Å²) in [5.74, 6) is 0.677. The van der Waals surface area contributed by atoms with Crippen molar-refractivity contribution in [1.29, 1.82) is 0 Å². The highest BCUT2D eigenvalue weighted by atomic mass is 16.5. The standard InChI is InChI=1S/C22H28N2O4/c1-13(22-10-14-7-15(11-22)9-16(8-14)12-22)23-19(25)20(26)24-18-5-3-17(4-6-18)21(27)28-2/h3-6,13-16H,7-12H2,1-2H3,(H,23,25)(H,24,26). The second-order valence-corrected chi connectivity index (χ2v) is 9.00. The Morgan fingerprint density at radius 3 is 2.00 bits per heavy atom. The molecule has 0 aromatic heterocycles. The Balaban J connectivity index is 1.35. The lowest BCUT2D eigenvalue weighted by atomic mass is 9.48. The van der Waals surface area contributed by atoms with Crippen molar-refractivity contribution in [2.75, 3.05) is 12.4 Å². The fraction of sp³-hybridized carbons (Fsp3) is 0.591. The van der Waals surface area contributed by atoms with E-state index in [1.165, 1.54) is 45.6 Å². The van der Waals surface area contributed by atoms with Crippen molar-refractivity contribution in [2.24, 2.45) is 23.2 Å². The van der Waals surface area contributed by atoms with Crippen LogP contribution in [0.15, 0.2) is 24.3 Å². The second-order valence-electron chi connectivity index (χ2n) is 9.00. The van der Waals surface area contributed by atoms with E-state index in [2.05, 4.69) is 22.3 Å². The molecule has 4 fully saturated rings. The zero-order chi connectivity index (χ0) is 19.9. The van der Waals surface area contributed by atoms with Gasteiger partial charge in [0.2, 0.25) is 0 Å². The van der Waals surface area contributed by atoms with Gasteiger partial charge in [0.15, 0.2) is 0 Å². The van der Waals surface area contributed by atoms with Crippen LogP contribution in [0.2, 0.25) is 0 Å². The molecular weight excluding hydrogens is 356 g/mol. The largest absolute Gasteiger partial charge is 0.465 e. The summed E-state index contributed by atoms with van der Waals surface area (Å²) in [5.41, 5.74) is 1.02. The average Bonchev–Trinajstić information content (AvgIpc) is 2.66. The quantitative estimate of drug-likeness (QED) is 0.617. The van der Waals surface area contributed by atoms with Gasteiger partial charge in [0.25, 0.3) is 0 Å². The van der Waals surface area contributed by atoms with Crippen LogP contribution in [0, 0.1) is 23.2 Å². The van der Waals surface area contributed by atoms with Gasteiger partial charge in [0.05, 0.1) is 12.7 Å². The second kappa shape index (κ2) is 7.22. The van der Waals surface area contributed by atoms with E-state index in [1.54, 1.807) is 24.3 Å². The molecule has 1 atom stereocenters. The Labute approximate surface area is 165 Å². The molecule has 6 nitrogen and oxygen atoms in total. The SMILES string of the molecule is COC(=O)c1ccc(NC(=O)C(=O)NC(C)C23CC4CC(CC(C4)C2)C3)cc1. The van der Waals surface area contributed by atoms with Crippen LogP contribution in [0.4, 0.5) is 5.69 Å². The molecule has 1 unspecified atom stereocenters. The molecule has 4 aliphatic rings. The van der Waals surface area contributed by atoms with Gasteiger partial charge in [-0.2, -0.15) is 0 Å². The minimum absolute atomic E-state index is 0.000787. The summed E-state index contributed by atoms with van der Waals surface area (Å²) < 4.78 is 4.65. The Morgan fingerprint density at radius 1 is 0.964 bits per heavy atom. The van der Waals surface area contributed by atoms with E-state index in [1.807, 2.05) is 0 Å². The molecule has 4 aliphatic carbocycles. The first-order chi connectivity index (χ1) is 13.4. The molecule has 0 saturated heterocycles. The summed E-state index contributed by atoms with van der Waals surface area (Å²) in [6.45, 7) is 2.06. The lowest BCUT2D eigenvalue weighted by molar-refractivity contribution is -0.138. The van der Waals surface area contributed by atoms with E-state index in [-0.39, 0.29) is 11.5 Å². The van der Waals surface area contributed by atoms with Crippen LogP contribution >= 0.6 is 0 Å². The first kappa shape index (κ1) is 19.0. The highest BCUT2D eigenvalue weighted by Gasteiger charge is 2.53. The van der Waals surface area contributed by atoms with E-state index < -0.39 is 17.8 Å². The lowest BCUT2D eigenvalue weighted by Crippen LogP contribution is -2.57. The minimum atomic E-state index is -0.678. The first-order valence-corrected chi connectivity index (χ1v) is 10.2. The summed E-state index contributed by atoms with van der Waals surface area (Å²) in [4.78, 5) is 36.3. The highest BCUT2D eigenvalue weighted by molar-refractivity contribution is 6.39. The molecule has 0 spiro atoms. The zero-order valence-corrected chi connectivity index (χ0v) is 16.5. The number of nitrogens with one attached hydrogen (secondary N) is 2. The van der Waals surface area contributed by atoms with Gasteiger partial charge in [0.1, 0.15) is 0 Å². The molecule has 2 N–H and O–H groups in total. The van der Waals surface area contributed by atoms with Gasteiger partial charge in [-0.1, -0.05) is 0 Å². The Kier molecular flexibility index (Phi) is 4.89. The maximum Gasteiger partial charge on any atom is 0.337 e. The molecule has 2 amide bonds. The van der Waals surface area contributed by atoms with Crippen molar-refractivity contribution in [3.05, 3.63) is 29.8 Å². The van der Waals surface area contributed by atoms with Crippen molar-refractivity contribution in [2.45, 2.75) is 51.5 Å². The fourth-order valence-corrected chi connectivity index (χ4v) is 6.12. The zero-order valence-electron chi connectivity index (χ0n) is 16.5. The summed E-state index contributed by atoms with van der Waals surface area (Å²) >= 11 is 0. The predicted molar refractivity (Wildman–Crippen MR) is 105 cm³/mol. The van der Waals surface area contributed by atoms with Crippen molar-refractivity contribution in [3.63, 3.8) is 0 Å². The predicted octanol–water partition coefficient (Wildman–Crippen LogP) is 3.13. The number of anilines is 1. The van der Waals surface area contributed by atoms with E-state index in [0.29, 0.717) is 11.3 Å². The van der Waals surface area contributed by atoms with Gasteiger partial charge >= 0.3 is 17.8 Å². The topological polar surface area (TPSA) is 84.5 Å². The molecule has 1 aromatic rings. The van der Waals surface area contributed by atoms with Crippen molar-refractivity contribution in [3.8, 4) is 0 Å². The van der Waals surface area contributed by atoms with Crippen LogP contribution in [0.25, 0.3) is 0 Å². The first-order valence-electron chi connectivity index (χ1n) is 10.2. The maximum atomic E-state index is 12.5. The summed E-state index contributed by atoms with van der Waals surface area (Å²) in [6.07, 6.45) is 7.58. The Morgan fingerprint density at radius 2 is 1.50 bits per heavy atom. The summed E-state index contributed by atoms with van der Waals surface area (Å²) in [5, 5.41) is 5.57. The molecule has 150 valence electrons. The van der Waals surface area contributed by atoms with Crippen LogP contribution in [0.1, 0.15) is 55.8 Å². The summed E-state index contributed by atoms with van der Waals surface area (Å²) in [7, 11) is 1.31. The van der Waals surface area contributed by atoms with Crippen molar-refractivity contribution >= 4 is 23.5 Å². The molecule has 0 aliphatic heterocycles. The van der Waals surface area contributed by atoms with E-state index >= 15 is 0 Å². The van der Waals surface area contributed by atoms with Crippen molar-refractivity contribution in [1.82, 2.24) is 5.32 Å². The number of hydrogen-bond acceptors (Lipinski definition) is 4. The van der Waals surface area contributed by atoms with Gasteiger partial charge in [-0.05, 0) is 92.9 Å². The van der Waals surface area contributed by atoms with Crippen LogP contribution in [-0.2, 0) is 14.3 Å². The number of ether oxygens (including phenoxy) is 1. The molecule has 1 aromatic carbocycles. The van der Waals surface area contributed by atoms with Crippen LogP contribution in [-0.4, -0.2) is 30.9 Å². The Bertz CT molecular complexity index is 751. The molecule has 4 bridgehead atoms. The molecule has 0 radical (unpaired) electrons. The minimum Gasteiger partial charge on any atom is -0.465 e. The third kappa shape index (κ3) is 3.52. The van der Waals surface area contributed by atoms with Gasteiger partial charge in [-0.3, -0.25) is 9.59 Å². The van der Waals surface area contributed by atoms with E-state index in [0.717, 1.165) is 17.8 Å². The number of methoxy groups -OCH3 is 1.